The minimum absolute atomic E-state index is 0.241. The van der Waals surface area contributed by atoms with E-state index < -0.39 is 9.84 Å². The molecule has 0 aliphatic heterocycles. The summed E-state index contributed by atoms with van der Waals surface area (Å²) in [6.07, 6.45) is 1.16. The fraction of sp³-hybridized carbons (Fsp3) is 0.316. The van der Waals surface area contributed by atoms with Crippen LogP contribution in [0.2, 0.25) is 0 Å². The van der Waals surface area contributed by atoms with Crippen LogP contribution in [-0.4, -0.2) is 34.3 Å². The summed E-state index contributed by atoms with van der Waals surface area (Å²) in [5.74, 6) is 0.722. The molecule has 0 heterocycles. The lowest BCUT2D eigenvalue weighted by atomic mass is 10.1. The fourth-order valence-electron chi connectivity index (χ4n) is 2.50. The molecule has 2 aromatic carbocycles. The van der Waals surface area contributed by atoms with Gasteiger partial charge in [0.1, 0.15) is 0 Å². The molecule has 0 saturated heterocycles. The SMILES string of the molecule is CCOc1c(Br)cc(C(=O)NC(C)c2ccc(S(C)(=O)=O)cc2)cc1OC. The molecule has 0 aliphatic carbocycles. The topological polar surface area (TPSA) is 81.7 Å². The number of rotatable bonds is 7. The van der Waals surface area contributed by atoms with Crippen LogP contribution in [0.25, 0.3) is 0 Å². The Morgan fingerprint density at radius 2 is 1.85 bits per heavy atom. The van der Waals surface area contributed by atoms with Crippen LogP contribution in [0, 0.1) is 0 Å². The van der Waals surface area contributed by atoms with Crippen molar-refractivity contribution in [2.75, 3.05) is 20.0 Å². The van der Waals surface area contributed by atoms with Crippen molar-refractivity contribution in [3.63, 3.8) is 0 Å². The maximum absolute atomic E-state index is 12.6. The predicted molar refractivity (Wildman–Crippen MR) is 107 cm³/mol. The summed E-state index contributed by atoms with van der Waals surface area (Å²) >= 11 is 3.40. The summed E-state index contributed by atoms with van der Waals surface area (Å²) in [4.78, 5) is 12.9. The van der Waals surface area contributed by atoms with E-state index in [9.17, 15) is 13.2 Å². The van der Waals surface area contributed by atoms with Crippen molar-refractivity contribution in [2.24, 2.45) is 0 Å². The molecular weight excluding hydrogens is 434 g/mol. The quantitative estimate of drug-likeness (QED) is 0.687. The van der Waals surface area contributed by atoms with Gasteiger partial charge in [0.25, 0.3) is 5.91 Å². The third-order valence-electron chi connectivity index (χ3n) is 3.94. The third-order valence-corrected chi connectivity index (χ3v) is 5.65. The molecule has 0 fully saturated rings. The number of halogens is 1. The fourth-order valence-corrected chi connectivity index (χ4v) is 3.69. The number of hydrogen-bond donors (Lipinski definition) is 1. The van der Waals surface area contributed by atoms with E-state index >= 15 is 0 Å². The molecule has 0 aliphatic rings. The number of carbonyl (C=O) groups excluding carboxylic acids is 1. The smallest absolute Gasteiger partial charge is 0.251 e. The number of amides is 1. The molecule has 0 spiro atoms. The van der Waals surface area contributed by atoms with E-state index in [4.69, 9.17) is 9.47 Å². The van der Waals surface area contributed by atoms with E-state index in [1.165, 1.54) is 19.2 Å². The normalized spacial score (nSPS) is 12.3. The van der Waals surface area contributed by atoms with Crippen molar-refractivity contribution >= 4 is 31.7 Å². The summed E-state index contributed by atoms with van der Waals surface area (Å²) in [6.45, 7) is 4.17. The molecule has 1 N–H and O–H groups in total. The van der Waals surface area contributed by atoms with Crippen molar-refractivity contribution in [1.29, 1.82) is 0 Å². The molecule has 0 saturated carbocycles. The van der Waals surface area contributed by atoms with Gasteiger partial charge in [-0.05, 0) is 59.6 Å². The van der Waals surface area contributed by atoms with Gasteiger partial charge >= 0.3 is 0 Å². The van der Waals surface area contributed by atoms with E-state index in [0.717, 1.165) is 11.8 Å². The molecule has 2 rings (SSSR count). The van der Waals surface area contributed by atoms with Crippen LogP contribution in [0.1, 0.15) is 35.8 Å². The van der Waals surface area contributed by atoms with Crippen molar-refractivity contribution in [2.45, 2.75) is 24.8 Å². The summed E-state index contributed by atoms with van der Waals surface area (Å²) < 4.78 is 34.6. The molecule has 27 heavy (non-hydrogen) atoms. The zero-order valence-corrected chi connectivity index (χ0v) is 18.0. The van der Waals surface area contributed by atoms with Gasteiger partial charge in [-0.3, -0.25) is 4.79 Å². The van der Waals surface area contributed by atoms with Gasteiger partial charge in [-0.1, -0.05) is 12.1 Å². The Hall–Kier alpha value is -2.06. The van der Waals surface area contributed by atoms with Gasteiger partial charge < -0.3 is 14.8 Å². The van der Waals surface area contributed by atoms with E-state index in [1.54, 1.807) is 24.3 Å². The largest absolute Gasteiger partial charge is 0.493 e. The second-order valence-corrected chi connectivity index (χ2v) is 8.83. The molecule has 1 unspecified atom stereocenters. The highest BCUT2D eigenvalue weighted by Crippen LogP contribution is 2.36. The summed E-state index contributed by atoms with van der Waals surface area (Å²) in [5, 5.41) is 2.90. The van der Waals surface area contributed by atoms with Gasteiger partial charge in [0.2, 0.25) is 0 Å². The van der Waals surface area contributed by atoms with Crippen molar-refractivity contribution in [3.05, 3.63) is 52.0 Å². The Morgan fingerprint density at radius 1 is 1.22 bits per heavy atom. The van der Waals surface area contributed by atoms with E-state index in [-0.39, 0.29) is 16.8 Å². The first-order valence-electron chi connectivity index (χ1n) is 8.28. The lowest BCUT2D eigenvalue weighted by molar-refractivity contribution is 0.0939. The first-order chi connectivity index (χ1) is 12.7. The van der Waals surface area contributed by atoms with Crippen LogP contribution < -0.4 is 14.8 Å². The minimum atomic E-state index is -3.25. The van der Waals surface area contributed by atoms with E-state index in [1.807, 2.05) is 13.8 Å². The van der Waals surface area contributed by atoms with Gasteiger partial charge in [-0.2, -0.15) is 0 Å². The number of methoxy groups -OCH3 is 1. The van der Waals surface area contributed by atoms with Crippen LogP contribution >= 0.6 is 15.9 Å². The maximum Gasteiger partial charge on any atom is 0.251 e. The molecule has 146 valence electrons. The molecule has 2 aromatic rings. The molecule has 1 atom stereocenters. The second-order valence-electron chi connectivity index (χ2n) is 5.96. The summed E-state index contributed by atoms with van der Waals surface area (Å²) in [5.41, 5.74) is 1.22. The lowest BCUT2D eigenvalue weighted by Gasteiger charge is -2.17. The number of ether oxygens (including phenoxy) is 2. The van der Waals surface area contributed by atoms with Crippen LogP contribution in [0.5, 0.6) is 11.5 Å². The van der Waals surface area contributed by atoms with Crippen LogP contribution in [0.15, 0.2) is 45.8 Å². The number of hydrogen-bond acceptors (Lipinski definition) is 5. The van der Waals surface area contributed by atoms with Gasteiger partial charge in [0.15, 0.2) is 21.3 Å². The molecule has 0 bridgehead atoms. The average molecular weight is 456 g/mol. The Balaban J connectivity index is 2.20. The monoisotopic (exact) mass is 455 g/mol. The summed E-state index contributed by atoms with van der Waals surface area (Å²) in [7, 11) is -1.74. The van der Waals surface area contributed by atoms with Gasteiger partial charge in [-0.15, -0.1) is 0 Å². The van der Waals surface area contributed by atoms with Gasteiger partial charge in [0, 0.05) is 11.8 Å². The Morgan fingerprint density at radius 3 is 2.37 bits per heavy atom. The molecule has 8 heteroatoms. The van der Waals surface area contributed by atoms with Crippen molar-refractivity contribution in [1.82, 2.24) is 5.32 Å². The highest BCUT2D eigenvalue weighted by Gasteiger charge is 2.17. The number of sulfone groups is 1. The number of nitrogens with one attached hydrogen (secondary N) is 1. The molecule has 6 nitrogen and oxygen atoms in total. The second kappa shape index (κ2) is 8.75. The first-order valence-corrected chi connectivity index (χ1v) is 11.0. The highest BCUT2D eigenvalue weighted by atomic mass is 79.9. The van der Waals surface area contributed by atoms with Crippen LogP contribution in [0.3, 0.4) is 0 Å². The average Bonchev–Trinajstić information content (AvgIpc) is 2.62. The predicted octanol–water partition coefficient (Wildman–Crippen LogP) is 3.75. The molecular formula is C19H22BrNO5S. The highest BCUT2D eigenvalue weighted by molar-refractivity contribution is 9.10. The first kappa shape index (κ1) is 21.2. The van der Waals surface area contributed by atoms with Crippen LogP contribution in [0.4, 0.5) is 0 Å². The van der Waals surface area contributed by atoms with E-state index in [0.29, 0.717) is 28.1 Å². The number of benzene rings is 2. The minimum Gasteiger partial charge on any atom is -0.493 e. The standard InChI is InChI=1S/C19H22BrNO5S/c1-5-26-18-16(20)10-14(11-17(18)25-3)19(22)21-12(2)13-6-8-15(9-7-13)27(4,23)24/h6-12H,5H2,1-4H3,(H,21,22). The zero-order valence-electron chi connectivity index (χ0n) is 15.6. The Kier molecular flexibility index (Phi) is 6.89. The Bertz CT molecular complexity index is 926. The number of carbonyl (C=O) groups is 1. The third kappa shape index (κ3) is 5.23. The van der Waals surface area contributed by atoms with Crippen molar-refractivity contribution < 1.29 is 22.7 Å². The lowest BCUT2D eigenvalue weighted by Crippen LogP contribution is -2.26. The summed E-state index contributed by atoms with van der Waals surface area (Å²) in [6, 6.07) is 9.43. The van der Waals surface area contributed by atoms with Crippen LogP contribution in [-0.2, 0) is 9.84 Å². The maximum atomic E-state index is 12.6. The zero-order chi connectivity index (χ0) is 20.2. The molecule has 1 amide bonds. The Labute approximate surface area is 167 Å². The molecule has 0 radical (unpaired) electrons. The van der Waals surface area contributed by atoms with E-state index in [2.05, 4.69) is 21.2 Å². The molecule has 0 aromatic heterocycles. The van der Waals surface area contributed by atoms with Gasteiger partial charge in [-0.25, -0.2) is 8.42 Å². The van der Waals surface area contributed by atoms with Crippen molar-refractivity contribution in [3.8, 4) is 11.5 Å². The van der Waals surface area contributed by atoms with Gasteiger partial charge in [0.05, 0.1) is 29.1 Å².